The van der Waals surface area contributed by atoms with Crippen LogP contribution in [0.5, 0.6) is 5.88 Å². The molecular formula is C12H10N2O3. The molecule has 0 fully saturated rings. The SMILES string of the molecule is O=C(O)c1ccc(-c2cnn3c2OCC3)cc1. The molecule has 2 heterocycles. The molecule has 0 atom stereocenters. The molecule has 0 radical (unpaired) electrons. The van der Waals surface area contributed by atoms with Crippen molar-refractivity contribution in [1.29, 1.82) is 0 Å². The monoisotopic (exact) mass is 230 g/mol. The topological polar surface area (TPSA) is 64.3 Å². The molecule has 1 aliphatic rings. The Labute approximate surface area is 97.3 Å². The van der Waals surface area contributed by atoms with Crippen molar-refractivity contribution in [1.82, 2.24) is 9.78 Å². The summed E-state index contributed by atoms with van der Waals surface area (Å²) in [5.74, 6) is -0.166. The zero-order valence-corrected chi connectivity index (χ0v) is 8.96. The minimum Gasteiger partial charge on any atom is -0.478 e. The number of benzene rings is 1. The average molecular weight is 230 g/mol. The van der Waals surface area contributed by atoms with Crippen LogP contribution in [-0.4, -0.2) is 27.5 Å². The minimum atomic E-state index is -0.923. The van der Waals surface area contributed by atoms with Crippen molar-refractivity contribution in [3.8, 4) is 17.0 Å². The van der Waals surface area contributed by atoms with E-state index in [0.29, 0.717) is 6.61 Å². The van der Waals surface area contributed by atoms with E-state index >= 15 is 0 Å². The van der Waals surface area contributed by atoms with E-state index in [1.807, 2.05) is 0 Å². The van der Waals surface area contributed by atoms with E-state index in [1.54, 1.807) is 35.1 Å². The zero-order valence-electron chi connectivity index (χ0n) is 8.96. The van der Waals surface area contributed by atoms with Crippen LogP contribution in [0.3, 0.4) is 0 Å². The highest BCUT2D eigenvalue weighted by molar-refractivity contribution is 5.88. The van der Waals surface area contributed by atoms with Gasteiger partial charge in [0, 0.05) is 0 Å². The first kappa shape index (κ1) is 9.89. The molecule has 2 aromatic rings. The number of aromatic nitrogens is 2. The van der Waals surface area contributed by atoms with Gasteiger partial charge < -0.3 is 9.84 Å². The third kappa shape index (κ3) is 1.56. The van der Waals surface area contributed by atoms with E-state index in [1.165, 1.54) is 0 Å². The lowest BCUT2D eigenvalue weighted by Gasteiger charge is -2.01. The van der Waals surface area contributed by atoms with Crippen molar-refractivity contribution >= 4 is 5.97 Å². The Morgan fingerprint density at radius 1 is 1.35 bits per heavy atom. The van der Waals surface area contributed by atoms with E-state index in [9.17, 15) is 4.79 Å². The number of hydrogen-bond acceptors (Lipinski definition) is 3. The number of carboxylic acid groups (broad SMARTS) is 1. The number of ether oxygens (including phenoxy) is 1. The van der Waals surface area contributed by atoms with Crippen molar-refractivity contribution in [2.75, 3.05) is 6.61 Å². The van der Waals surface area contributed by atoms with Crippen molar-refractivity contribution < 1.29 is 14.6 Å². The Kier molecular flexibility index (Phi) is 2.11. The molecule has 1 aromatic carbocycles. The van der Waals surface area contributed by atoms with E-state index in [4.69, 9.17) is 9.84 Å². The van der Waals surface area contributed by atoms with Crippen molar-refractivity contribution in [3.63, 3.8) is 0 Å². The molecular weight excluding hydrogens is 220 g/mol. The van der Waals surface area contributed by atoms with E-state index in [-0.39, 0.29) is 5.56 Å². The van der Waals surface area contributed by atoms with Crippen molar-refractivity contribution in [3.05, 3.63) is 36.0 Å². The molecule has 0 saturated heterocycles. The fourth-order valence-electron chi connectivity index (χ4n) is 1.90. The Bertz CT molecular complexity index is 572. The third-order valence-corrected chi connectivity index (χ3v) is 2.78. The van der Waals surface area contributed by atoms with Gasteiger partial charge in [0.15, 0.2) is 0 Å². The predicted octanol–water partition coefficient (Wildman–Crippen LogP) is 1.64. The van der Waals surface area contributed by atoms with Crippen LogP contribution in [0, 0.1) is 0 Å². The summed E-state index contributed by atoms with van der Waals surface area (Å²) in [6.45, 7) is 1.41. The predicted molar refractivity (Wildman–Crippen MR) is 60.1 cm³/mol. The summed E-state index contributed by atoms with van der Waals surface area (Å²) in [7, 11) is 0. The maximum atomic E-state index is 10.7. The van der Waals surface area contributed by atoms with Gasteiger partial charge in [0.05, 0.1) is 23.9 Å². The lowest BCUT2D eigenvalue weighted by Crippen LogP contribution is -1.95. The normalized spacial score (nSPS) is 13.2. The summed E-state index contributed by atoms with van der Waals surface area (Å²) in [6.07, 6.45) is 1.74. The summed E-state index contributed by atoms with van der Waals surface area (Å²) < 4.78 is 7.29. The number of fused-ring (bicyclic) bond motifs is 1. The average Bonchev–Trinajstić information content (AvgIpc) is 2.90. The number of hydrogen-bond donors (Lipinski definition) is 1. The highest BCUT2D eigenvalue weighted by atomic mass is 16.5. The second-order valence-corrected chi connectivity index (χ2v) is 3.82. The smallest absolute Gasteiger partial charge is 0.335 e. The van der Waals surface area contributed by atoms with E-state index in [2.05, 4.69) is 5.10 Å². The molecule has 86 valence electrons. The summed E-state index contributed by atoms with van der Waals surface area (Å²) in [5, 5.41) is 13.0. The van der Waals surface area contributed by atoms with Crippen LogP contribution in [0.1, 0.15) is 10.4 Å². The fourth-order valence-corrected chi connectivity index (χ4v) is 1.90. The van der Waals surface area contributed by atoms with Gasteiger partial charge in [-0.1, -0.05) is 12.1 Å². The quantitative estimate of drug-likeness (QED) is 0.851. The number of carboxylic acids is 1. The van der Waals surface area contributed by atoms with E-state index in [0.717, 1.165) is 23.6 Å². The Hall–Kier alpha value is -2.30. The lowest BCUT2D eigenvalue weighted by molar-refractivity contribution is 0.0697. The molecule has 5 heteroatoms. The van der Waals surface area contributed by atoms with Gasteiger partial charge in [0.25, 0.3) is 0 Å². The standard InChI is InChI=1S/C12H10N2O3/c15-12(16)9-3-1-8(2-4-9)10-7-13-14-5-6-17-11(10)14/h1-4,7H,5-6H2,(H,15,16). The highest BCUT2D eigenvalue weighted by Gasteiger charge is 2.18. The first-order valence-corrected chi connectivity index (χ1v) is 5.28. The summed E-state index contributed by atoms with van der Waals surface area (Å²) >= 11 is 0. The van der Waals surface area contributed by atoms with Gasteiger partial charge in [-0.15, -0.1) is 0 Å². The maximum Gasteiger partial charge on any atom is 0.335 e. The maximum absolute atomic E-state index is 10.7. The number of rotatable bonds is 2. The van der Waals surface area contributed by atoms with Crippen LogP contribution in [0.4, 0.5) is 0 Å². The van der Waals surface area contributed by atoms with Crippen LogP contribution >= 0.6 is 0 Å². The van der Waals surface area contributed by atoms with Crippen LogP contribution in [0.15, 0.2) is 30.5 Å². The first-order chi connectivity index (χ1) is 8.25. The van der Waals surface area contributed by atoms with Gasteiger partial charge in [-0.25, -0.2) is 9.48 Å². The second kappa shape index (κ2) is 3.62. The molecule has 0 aliphatic carbocycles. The summed E-state index contributed by atoms with van der Waals surface area (Å²) in [6, 6.07) is 6.69. The highest BCUT2D eigenvalue weighted by Crippen LogP contribution is 2.32. The van der Waals surface area contributed by atoms with Gasteiger partial charge in [0.2, 0.25) is 5.88 Å². The van der Waals surface area contributed by atoms with Crippen LogP contribution in [-0.2, 0) is 6.54 Å². The molecule has 0 spiro atoms. The van der Waals surface area contributed by atoms with E-state index < -0.39 is 5.97 Å². The van der Waals surface area contributed by atoms with Gasteiger partial charge in [-0.3, -0.25) is 0 Å². The first-order valence-electron chi connectivity index (χ1n) is 5.28. The Balaban J connectivity index is 2.01. The summed E-state index contributed by atoms with van der Waals surface area (Å²) in [4.78, 5) is 10.7. The Morgan fingerprint density at radius 2 is 2.12 bits per heavy atom. The third-order valence-electron chi connectivity index (χ3n) is 2.78. The minimum absolute atomic E-state index is 0.276. The Morgan fingerprint density at radius 3 is 2.82 bits per heavy atom. The molecule has 1 aliphatic heterocycles. The largest absolute Gasteiger partial charge is 0.478 e. The van der Waals surface area contributed by atoms with Gasteiger partial charge in [-0.2, -0.15) is 5.10 Å². The molecule has 17 heavy (non-hydrogen) atoms. The second-order valence-electron chi connectivity index (χ2n) is 3.82. The van der Waals surface area contributed by atoms with Gasteiger partial charge >= 0.3 is 5.97 Å². The molecule has 0 saturated carbocycles. The fraction of sp³-hybridized carbons (Fsp3) is 0.167. The van der Waals surface area contributed by atoms with Gasteiger partial charge in [-0.05, 0) is 17.7 Å². The lowest BCUT2D eigenvalue weighted by atomic mass is 10.1. The number of carbonyl (C=O) groups is 1. The molecule has 0 unspecified atom stereocenters. The molecule has 0 amide bonds. The van der Waals surface area contributed by atoms with Crippen molar-refractivity contribution in [2.45, 2.75) is 6.54 Å². The van der Waals surface area contributed by atoms with Gasteiger partial charge in [0.1, 0.15) is 6.61 Å². The van der Waals surface area contributed by atoms with Crippen LogP contribution in [0.2, 0.25) is 0 Å². The molecule has 0 bridgehead atoms. The summed E-state index contributed by atoms with van der Waals surface area (Å²) in [5.41, 5.74) is 2.09. The van der Waals surface area contributed by atoms with Crippen LogP contribution < -0.4 is 4.74 Å². The number of nitrogens with zero attached hydrogens (tertiary/aromatic N) is 2. The van der Waals surface area contributed by atoms with Crippen LogP contribution in [0.25, 0.3) is 11.1 Å². The number of aromatic carboxylic acids is 1. The molecule has 1 aromatic heterocycles. The molecule has 5 nitrogen and oxygen atoms in total. The molecule has 3 rings (SSSR count). The molecule has 1 N–H and O–H groups in total. The zero-order chi connectivity index (χ0) is 11.8. The van der Waals surface area contributed by atoms with Crippen molar-refractivity contribution in [2.24, 2.45) is 0 Å².